The van der Waals surface area contributed by atoms with Gasteiger partial charge in [0.2, 0.25) is 5.60 Å². The lowest BCUT2D eigenvalue weighted by Gasteiger charge is -2.58. The zero-order valence-electron chi connectivity index (χ0n) is 16.9. The average molecular weight is 477 g/mol. The molecule has 6 atom stereocenters. The topological polar surface area (TPSA) is 184 Å². The highest BCUT2D eigenvalue weighted by Crippen LogP contribution is 2.51. The molecule has 2 rings (SSSR count). The summed E-state index contributed by atoms with van der Waals surface area (Å²) in [6, 6.07) is 0. The number of nitrogens with zero attached hydrogens (tertiary/aromatic N) is 2. The number of halogens is 1. The third-order valence-corrected chi connectivity index (χ3v) is 6.50. The van der Waals surface area contributed by atoms with E-state index in [1.54, 1.807) is 0 Å². The molecule has 0 saturated carbocycles. The predicted octanol–water partition coefficient (Wildman–Crippen LogP) is -1.14. The highest BCUT2D eigenvalue weighted by Gasteiger charge is 2.79. The van der Waals surface area contributed by atoms with Crippen molar-refractivity contribution >= 4 is 46.5 Å². The predicted molar refractivity (Wildman–Crippen MR) is 105 cm³/mol. The molecule has 1 aliphatic heterocycles. The molecule has 170 valence electrons. The van der Waals surface area contributed by atoms with Crippen LogP contribution in [0.25, 0.3) is 0 Å². The molecule has 13 heteroatoms. The molecule has 1 aromatic heterocycles. The van der Waals surface area contributed by atoms with Gasteiger partial charge in [-0.1, -0.05) is 23.4 Å². The summed E-state index contributed by atoms with van der Waals surface area (Å²) in [4.78, 5) is 57.1. The van der Waals surface area contributed by atoms with Gasteiger partial charge in [-0.15, -0.1) is 0 Å². The number of carbonyl (C=O) groups is 4. The van der Waals surface area contributed by atoms with Crippen molar-refractivity contribution in [2.24, 2.45) is 0 Å². The van der Waals surface area contributed by atoms with Gasteiger partial charge in [-0.05, 0) is 27.7 Å². The molecule has 0 amide bonds. The SMILES string of the molecule is CC(=O)C(O)[C@H]1O[C@@H](Sc2ncc(Cl)cn2)[C@@](O)(C(C)=O)[C@](O)(C(C)=O)[C@@]1(O)C(C)=O. The standard InChI is InChI=1S/C18H21ClN2O9S/c1-7(22)12(26)13-16(27,8(2)23)18(29,10(4)25)17(28,9(3)24)14(30-13)31-15-20-5-11(19)6-21-15/h5-6,12-14,26-29H,1-4H3/t12?,13-,14+,16-,17+,18+/m1/s1. The Bertz CT molecular complexity index is 929. The number of hydrogen-bond donors (Lipinski definition) is 4. The highest BCUT2D eigenvalue weighted by atomic mass is 35.5. The normalized spacial score (nSPS) is 34.1. The van der Waals surface area contributed by atoms with Gasteiger partial charge < -0.3 is 25.2 Å². The summed E-state index contributed by atoms with van der Waals surface area (Å²) in [5.74, 6) is -4.93. The number of aliphatic hydroxyl groups excluding tert-OH is 1. The van der Waals surface area contributed by atoms with Gasteiger partial charge in [-0.2, -0.15) is 0 Å². The van der Waals surface area contributed by atoms with Crippen LogP contribution in [0.2, 0.25) is 5.02 Å². The van der Waals surface area contributed by atoms with E-state index >= 15 is 0 Å². The molecule has 0 aromatic carbocycles. The summed E-state index contributed by atoms with van der Waals surface area (Å²) in [7, 11) is 0. The van der Waals surface area contributed by atoms with E-state index in [2.05, 4.69) is 9.97 Å². The van der Waals surface area contributed by atoms with Crippen LogP contribution < -0.4 is 0 Å². The first-order valence-corrected chi connectivity index (χ1v) is 10.1. The van der Waals surface area contributed by atoms with Gasteiger partial charge >= 0.3 is 0 Å². The number of thioether (sulfide) groups is 1. The van der Waals surface area contributed by atoms with E-state index < -0.39 is 57.6 Å². The third kappa shape index (κ3) is 3.71. The van der Waals surface area contributed by atoms with Crippen molar-refractivity contribution in [3.05, 3.63) is 17.4 Å². The summed E-state index contributed by atoms with van der Waals surface area (Å²) in [5, 5.41) is 44.2. The number of aliphatic hydroxyl groups is 4. The van der Waals surface area contributed by atoms with Gasteiger partial charge in [0.15, 0.2) is 44.9 Å². The minimum atomic E-state index is -3.50. The molecule has 2 heterocycles. The molecule has 0 bridgehead atoms. The Morgan fingerprint density at radius 3 is 1.87 bits per heavy atom. The Morgan fingerprint density at radius 2 is 1.48 bits per heavy atom. The number of rotatable bonds is 7. The van der Waals surface area contributed by atoms with Crippen LogP contribution >= 0.6 is 23.4 Å². The lowest BCUT2D eigenvalue weighted by Crippen LogP contribution is -2.86. The van der Waals surface area contributed by atoms with E-state index in [0.717, 1.165) is 27.7 Å². The van der Waals surface area contributed by atoms with E-state index in [1.807, 2.05) is 0 Å². The van der Waals surface area contributed by atoms with Gasteiger partial charge in [-0.3, -0.25) is 19.2 Å². The van der Waals surface area contributed by atoms with Gasteiger partial charge in [0.1, 0.15) is 12.2 Å². The van der Waals surface area contributed by atoms with Crippen molar-refractivity contribution in [3.63, 3.8) is 0 Å². The molecule has 0 radical (unpaired) electrons. The molecule has 31 heavy (non-hydrogen) atoms. The van der Waals surface area contributed by atoms with Gasteiger partial charge in [-0.25, -0.2) is 9.97 Å². The molecule has 1 fully saturated rings. The summed E-state index contributed by atoms with van der Waals surface area (Å²) in [6.45, 7) is 3.19. The molecule has 0 aliphatic carbocycles. The molecule has 4 N–H and O–H groups in total. The summed E-state index contributed by atoms with van der Waals surface area (Å²) >= 11 is 6.17. The lowest BCUT2D eigenvalue weighted by molar-refractivity contribution is -0.311. The Kier molecular flexibility index (Phi) is 7.08. The van der Waals surface area contributed by atoms with Gasteiger partial charge in [0.05, 0.1) is 17.4 Å². The van der Waals surface area contributed by atoms with E-state index in [1.165, 1.54) is 12.4 Å². The number of carbonyl (C=O) groups excluding carboxylic acids is 4. The fraction of sp³-hybridized carbons (Fsp3) is 0.556. The van der Waals surface area contributed by atoms with Crippen molar-refractivity contribution in [3.8, 4) is 0 Å². The number of ether oxygens (including phenoxy) is 1. The molecular weight excluding hydrogens is 456 g/mol. The first-order chi connectivity index (χ1) is 14.1. The quantitative estimate of drug-likeness (QED) is 0.347. The molecule has 1 aromatic rings. The Balaban J connectivity index is 2.81. The summed E-state index contributed by atoms with van der Waals surface area (Å²) < 4.78 is 5.47. The summed E-state index contributed by atoms with van der Waals surface area (Å²) in [5.41, 5.74) is -12.0. The zero-order valence-corrected chi connectivity index (χ0v) is 18.5. The van der Waals surface area contributed by atoms with Crippen molar-refractivity contribution in [2.45, 2.75) is 67.3 Å². The molecule has 1 unspecified atom stereocenters. The zero-order chi connectivity index (χ0) is 23.9. The smallest absolute Gasteiger partial charge is 0.200 e. The van der Waals surface area contributed by atoms with Crippen LogP contribution in [0.3, 0.4) is 0 Å². The van der Waals surface area contributed by atoms with Crippen LogP contribution in [0.15, 0.2) is 17.6 Å². The first-order valence-electron chi connectivity index (χ1n) is 8.84. The van der Waals surface area contributed by atoms with Crippen molar-refractivity contribution in [1.29, 1.82) is 0 Å². The van der Waals surface area contributed by atoms with E-state index in [4.69, 9.17) is 16.3 Å². The average Bonchev–Trinajstić information content (AvgIpc) is 2.68. The van der Waals surface area contributed by atoms with Crippen LogP contribution in [0.1, 0.15) is 27.7 Å². The van der Waals surface area contributed by atoms with E-state index in [9.17, 15) is 39.6 Å². The second kappa shape index (κ2) is 8.62. The fourth-order valence-electron chi connectivity index (χ4n) is 3.50. The van der Waals surface area contributed by atoms with E-state index in [-0.39, 0.29) is 10.2 Å². The maximum Gasteiger partial charge on any atom is 0.200 e. The number of Topliss-reactive ketones (excluding diaryl/α,β-unsaturated/α-hetero) is 4. The van der Waals surface area contributed by atoms with Crippen molar-refractivity contribution < 1.29 is 44.3 Å². The largest absolute Gasteiger partial charge is 0.382 e. The van der Waals surface area contributed by atoms with Crippen LogP contribution in [-0.4, -0.2) is 88.0 Å². The minimum absolute atomic E-state index is 0.135. The fourth-order valence-corrected chi connectivity index (χ4v) is 4.69. The number of ketones is 4. The second-order valence-corrected chi connectivity index (χ2v) is 8.62. The minimum Gasteiger partial charge on any atom is -0.382 e. The summed E-state index contributed by atoms with van der Waals surface area (Å²) in [6.07, 6.45) is -2.07. The van der Waals surface area contributed by atoms with Crippen LogP contribution in [0.5, 0.6) is 0 Å². The van der Waals surface area contributed by atoms with Crippen molar-refractivity contribution in [1.82, 2.24) is 9.97 Å². The lowest BCUT2D eigenvalue weighted by atomic mass is 9.60. The molecular formula is C18H21ClN2O9S. The maximum absolute atomic E-state index is 12.6. The monoisotopic (exact) mass is 476 g/mol. The second-order valence-electron chi connectivity index (χ2n) is 7.16. The molecule has 1 aliphatic rings. The van der Waals surface area contributed by atoms with Gasteiger partial charge in [0.25, 0.3) is 0 Å². The molecule has 1 saturated heterocycles. The molecule has 11 nitrogen and oxygen atoms in total. The van der Waals surface area contributed by atoms with Crippen LogP contribution in [0, 0.1) is 0 Å². The number of aromatic nitrogens is 2. The Morgan fingerprint density at radius 1 is 1.00 bits per heavy atom. The van der Waals surface area contributed by atoms with Gasteiger partial charge in [0, 0.05) is 0 Å². The third-order valence-electron chi connectivity index (χ3n) is 5.22. The van der Waals surface area contributed by atoms with Crippen LogP contribution in [0.4, 0.5) is 0 Å². The van der Waals surface area contributed by atoms with E-state index in [0.29, 0.717) is 11.8 Å². The highest BCUT2D eigenvalue weighted by molar-refractivity contribution is 7.99. The van der Waals surface area contributed by atoms with Crippen molar-refractivity contribution in [2.75, 3.05) is 0 Å². The maximum atomic E-state index is 12.6. The number of hydrogen-bond acceptors (Lipinski definition) is 12. The Hall–Kier alpha value is -1.80. The van der Waals surface area contributed by atoms with Crippen LogP contribution in [-0.2, 0) is 23.9 Å². The first kappa shape index (κ1) is 25.5. The Labute approximate surface area is 185 Å². The molecule has 0 spiro atoms.